The van der Waals surface area contributed by atoms with Gasteiger partial charge in [0, 0.05) is 0 Å². The number of benzene rings is 2. The largest absolute Gasteiger partial charge is 0.496 e. The van der Waals surface area contributed by atoms with Crippen LogP contribution >= 0.6 is 0 Å². The number of unbranched alkanes of at least 4 members (excludes halogenated alkanes) is 5. The van der Waals surface area contributed by atoms with Crippen LogP contribution in [0.1, 0.15) is 38.5 Å². The van der Waals surface area contributed by atoms with Gasteiger partial charge in [-0.05, 0) is 43.7 Å². The van der Waals surface area contributed by atoms with E-state index in [1.54, 1.807) is 21.3 Å². The first kappa shape index (κ1) is 21.9. The lowest BCUT2D eigenvalue weighted by molar-refractivity contribution is 0.303. The Bertz CT molecular complexity index is 695. The maximum atomic E-state index is 6.15. The summed E-state index contributed by atoms with van der Waals surface area (Å²) in [4.78, 5) is 0. The van der Waals surface area contributed by atoms with Gasteiger partial charge in [-0.1, -0.05) is 37.8 Å². The van der Waals surface area contributed by atoms with Crippen molar-refractivity contribution in [3.8, 4) is 34.1 Å². The Balaban J connectivity index is 2.16. The zero-order valence-electron chi connectivity index (χ0n) is 17.3. The molecule has 0 spiro atoms. The highest BCUT2D eigenvalue weighted by atomic mass is 16.5. The van der Waals surface area contributed by atoms with Gasteiger partial charge in [-0.15, -0.1) is 0 Å². The van der Waals surface area contributed by atoms with Crippen LogP contribution in [0.2, 0.25) is 0 Å². The second kappa shape index (κ2) is 12.1. The van der Waals surface area contributed by atoms with Crippen molar-refractivity contribution in [3.63, 3.8) is 0 Å². The molecule has 5 nitrogen and oxygen atoms in total. The van der Waals surface area contributed by atoms with Gasteiger partial charge in [-0.2, -0.15) is 0 Å². The van der Waals surface area contributed by atoms with Crippen LogP contribution < -0.4 is 24.7 Å². The quantitative estimate of drug-likeness (QED) is 0.487. The normalized spacial score (nSPS) is 10.6. The van der Waals surface area contributed by atoms with Crippen LogP contribution in [0.4, 0.5) is 0 Å². The lowest BCUT2D eigenvalue weighted by Crippen LogP contribution is -2.02. The van der Waals surface area contributed by atoms with Crippen LogP contribution in [-0.4, -0.2) is 34.5 Å². The van der Waals surface area contributed by atoms with Gasteiger partial charge in [-0.3, -0.25) is 0 Å². The molecule has 5 heteroatoms. The third kappa shape index (κ3) is 5.80. The zero-order valence-corrected chi connectivity index (χ0v) is 17.3. The number of hydrogen-bond acceptors (Lipinski definition) is 5. The van der Waals surface area contributed by atoms with Crippen molar-refractivity contribution in [2.24, 2.45) is 5.73 Å². The molecule has 0 unspecified atom stereocenters. The fraction of sp³-hybridized carbons (Fsp3) is 0.478. The summed E-state index contributed by atoms with van der Waals surface area (Å²) in [6.45, 7) is 1.45. The van der Waals surface area contributed by atoms with E-state index in [-0.39, 0.29) is 0 Å². The molecule has 0 atom stereocenters. The van der Waals surface area contributed by atoms with Crippen LogP contribution in [0.5, 0.6) is 23.0 Å². The topological polar surface area (TPSA) is 62.9 Å². The van der Waals surface area contributed by atoms with Gasteiger partial charge in [0.05, 0.1) is 39.1 Å². The molecule has 0 saturated carbocycles. The van der Waals surface area contributed by atoms with Gasteiger partial charge in [0.2, 0.25) is 0 Å². The first-order valence-electron chi connectivity index (χ1n) is 9.98. The second-order valence-corrected chi connectivity index (χ2v) is 6.63. The molecule has 0 fully saturated rings. The van der Waals surface area contributed by atoms with E-state index in [0.29, 0.717) is 18.1 Å². The Labute approximate surface area is 168 Å². The molecule has 2 N–H and O–H groups in total. The van der Waals surface area contributed by atoms with Gasteiger partial charge >= 0.3 is 0 Å². The molecule has 2 aromatic carbocycles. The lowest BCUT2D eigenvalue weighted by Gasteiger charge is -2.19. The van der Waals surface area contributed by atoms with Crippen LogP contribution in [0, 0.1) is 0 Å². The molecule has 2 aromatic rings. The second-order valence-electron chi connectivity index (χ2n) is 6.63. The average molecular weight is 388 g/mol. The van der Waals surface area contributed by atoms with E-state index < -0.39 is 0 Å². The summed E-state index contributed by atoms with van der Waals surface area (Å²) < 4.78 is 22.9. The maximum Gasteiger partial charge on any atom is 0.131 e. The van der Waals surface area contributed by atoms with E-state index in [4.69, 9.17) is 24.7 Å². The number of hydrogen-bond donors (Lipinski definition) is 1. The Kier molecular flexibility index (Phi) is 9.49. The Morgan fingerprint density at radius 3 is 1.54 bits per heavy atom. The van der Waals surface area contributed by atoms with Gasteiger partial charge in [0.1, 0.15) is 23.0 Å². The van der Waals surface area contributed by atoms with E-state index in [1.165, 1.54) is 19.3 Å². The molecule has 0 amide bonds. The molecule has 0 aliphatic heterocycles. The minimum atomic E-state index is 0.661. The standard InChI is InChI=1S/C23H33NO4/c1-25-18-12-10-13-19(26-2)22(18)23-20(27-3)14-11-15-21(23)28-17-9-7-5-4-6-8-16-24/h10-15H,4-9,16-17,24H2,1-3H3. The minimum Gasteiger partial charge on any atom is -0.496 e. The van der Waals surface area contributed by atoms with E-state index >= 15 is 0 Å². The van der Waals surface area contributed by atoms with Crippen molar-refractivity contribution in [1.82, 2.24) is 0 Å². The number of ether oxygens (including phenoxy) is 4. The van der Waals surface area contributed by atoms with Crippen molar-refractivity contribution in [2.45, 2.75) is 38.5 Å². The van der Waals surface area contributed by atoms with Crippen LogP contribution in [0.15, 0.2) is 36.4 Å². The summed E-state index contributed by atoms with van der Waals surface area (Å²) >= 11 is 0. The van der Waals surface area contributed by atoms with E-state index in [9.17, 15) is 0 Å². The Morgan fingerprint density at radius 1 is 0.607 bits per heavy atom. The summed E-state index contributed by atoms with van der Waals surface area (Å²) in [5, 5.41) is 0. The first-order valence-corrected chi connectivity index (χ1v) is 9.98. The molecule has 2 rings (SSSR count). The summed E-state index contributed by atoms with van der Waals surface area (Å²) in [6, 6.07) is 11.6. The van der Waals surface area contributed by atoms with E-state index in [1.807, 2.05) is 36.4 Å². The zero-order chi connectivity index (χ0) is 20.2. The summed E-state index contributed by atoms with van der Waals surface area (Å²) in [6.07, 6.45) is 6.95. The minimum absolute atomic E-state index is 0.661. The van der Waals surface area contributed by atoms with Crippen molar-refractivity contribution in [2.75, 3.05) is 34.5 Å². The highest BCUT2D eigenvalue weighted by molar-refractivity contribution is 5.85. The molecule has 0 radical (unpaired) electrons. The van der Waals surface area contributed by atoms with Crippen molar-refractivity contribution < 1.29 is 18.9 Å². The third-order valence-electron chi connectivity index (χ3n) is 4.74. The predicted octanol–water partition coefficient (Wildman–Crippen LogP) is 5.06. The summed E-state index contributed by atoms with van der Waals surface area (Å²) in [5.41, 5.74) is 7.22. The van der Waals surface area contributed by atoms with Crippen LogP contribution in [0.25, 0.3) is 11.1 Å². The molecule has 28 heavy (non-hydrogen) atoms. The van der Waals surface area contributed by atoms with Crippen molar-refractivity contribution >= 4 is 0 Å². The molecule has 0 saturated heterocycles. The van der Waals surface area contributed by atoms with Gasteiger partial charge < -0.3 is 24.7 Å². The molecule has 0 heterocycles. The third-order valence-corrected chi connectivity index (χ3v) is 4.74. The van der Waals surface area contributed by atoms with Crippen LogP contribution in [-0.2, 0) is 0 Å². The average Bonchev–Trinajstić information content (AvgIpc) is 2.74. The SMILES string of the molecule is COc1cccc(OC)c1-c1c(OC)cccc1OCCCCCCCCN. The summed E-state index contributed by atoms with van der Waals surface area (Å²) in [7, 11) is 4.96. The highest BCUT2D eigenvalue weighted by Crippen LogP contribution is 2.47. The number of methoxy groups -OCH3 is 3. The van der Waals surface area contributed by atoms with Gasteiger partial charge in [-0.25, -0.2) is 0 Å². The smallest absolute Gasteiger partial charge is 0.131 e. The number of rotatable bonds is 13. The van der Waals surface area contributed by atoms with Crippen molar-refractivity contribution in [1.29, 1.82) is 0 Å². The molecule has 0 aliphatic rings. The fourth-order valence-electron chi connectivity index (χ4n) is 3.28. The molecule has 0 bridgehead atoms. The Morgan fingerprint density at radius 2 is 1.04 bits per heavy atom. The molecular weight excluding hydrogens is 354 g/mol. The molecule has 154 valence electrons. The Hall–Kier alpha value is -2.40. The first-order chi connectivity index (χ1) is 13.8. The molecule has 0 aromatic heterocycles. The van der Waals surface area contributed by atoms with E-state index in [0.717, 1.165) is 48.4 Å². The van der Waals surface area contributed by atoms with Crippen LogP contribution in [0.3, 0.4) is 0 Å². The van der Waals surface area contributed by atoms with Gasteiger partial charge in [0.25, 0.3) is 0 Å². The molecular formula is C23H33NO4. The number of nitrogens with two attached hydrogens (primary N) is 1. The van der Waals surface area contributed by atoms with Crippen molar-refractivity contribution in [3.05, 3.63) is 36.4 Å². The molecule has 0 aliphatic carbocycles. The summed E-state index contributed by atoms with van der Waals surface area (Å²) in [5.74, 6) is 2.93. The lowest BCUT2D eigenvalue weighted by atomic mass is 10.0. The highest BCUT2D eigenvalue weighted by Gasteiger charge is 2.21. The predicted molar refractivity (Wildman–Crippen MR) is 114 cm³/mol. The fourth-order valence-corrected chi connectivity index (χ4v) is 3.28. The monoisotopic (exact) mass is 387 g/mol. The van der Waals surface area contributed by atoms with E-state index in [2.05, 4.69) is 0 Å². The van der Waals surface area contributed by atoms with Gasteiger partial charge in [0.15, 0.2) is 0 Å². The maximum absolute atomic E-state index is 6.15.